The van der Waals surface area contributed by atoms with Crippen molar-refractivity contribution in [1.82, 2.24) is 29.7 Å². The molecule has 0 radical (unpaired) electrons. The fourth-order valence-electron chi connectivity index (χ4n) is 6.06. The van der Waals surface area contributed by atoms with Crippen LogP contribution >= 0.6 is 11.6 Å². The fourth-order valence-corrected chi connectivity index (χ4v) is 6.27. The number of carbonyl (C=O) groups excluding carboxylic acids is 2. The number of nitrogens with one attached hydrogen (secondary N) is 1. The molecular formula is C32H41ClN6O4. The summed E-state index contributed by atoms with van der Waals surface area (Å²) in [7, 11) is 3.45. The molecule has 1 N–H and O–H groups in total. The van der Waals surface area contributed by atoms with E-state index in [0.717, 1.165) is 22.5 Å². The molecule has 10 nitrogen and oxygen atoms in total. The molecular weight excluding hydrogens is 568 g/mol. The topological polar surface area (TPSA) is 102 Å². The first-order valence-corrected chi connectivity index (χ1v) is 15.1. The fraction of sp³-hybridized carbons (Fsp3) is 0.500. The smallest absolute Gasteiger partial charge is 0.410 e. The van der Waals surface area contributed by atoms with Crippen molar-refractivity contribution in [3.8, 4) is 0 Å². The molecule has 2 unspecified atom stereocenters. The van der Waals surface area contributed by atoms with Crippen LogP contribution in [-0.4, -0.2) is 81.3 Å². The number of ether oxygens (including phenoxy) is 2. The molecule has 11 heteroatoms. The number of fused-ring (bicyclic) bond motifs is 2. The Balaban J connectivity index is 1.56. The van der Waals surface area contributed by atoms with Crippen molar-refractivity contribution in [3.63, 3.8) is 0 Å². The monoisotopic (exact) mass is 608 g/mol. The molecule has 5 rings (SSSR count). The molecule has 2 amide bonds. The molecule has 43 heavy (non-hydrogen) atoms. The van der Waals surface area contributed by atoms with Crippen LogP contribution in [0, 0.1) is 11.8 Å². The number of nitrogens with zero attached hydrogens (tertiary/aromatic N) is 5. The van der Waals surface area contributed by atoms with E-state index in [2.05, 4.69) is 39.5 Å². The SMILES string of the molecule is COC(C)(C)C(=O)N[C@H](C1=Cc2cccnc2[C@@H](N2CCN(C(=O)OC(C)C)CC2)C2C=CC(Cl)=CC12)c1cncn1C. The van der Waals surface area contributed by atoms with Crippen LogP contribution in [0.3, 0.4) is 0 Å². The summed E-state index contributed by atoms with van der Waals surface area (Å²) in [5.74, 6) is -0.440. The van der Waals surface area contributed by atoms with E-state index in [1.165, 1.54) is 7.11 Å². The number of rotatable bonds is 7. The standard InChI is InChI=1S/C32H41ClN6O4/c1-20(2)43-31(41)39-14-12-38(13-15-39)29-23-10-9-22(33)17-24(23)25(16-21-8-7-11-35-27(21)29)28(26-18-34-19-37(26)5)36-30(40)32(3,4)42-6/h7-11,16-20,23-24,28-29H,12-15H2,1-6H3,(H,36,40)/t23?,24?,28-,29+/m1/s1. The van der Waals surface area contributed by atoms with Gasteiger partial charge in [0.2, 0.25) is 0 Å². The lowest BCUT2D eigenvalue weighted by atomic mass is 9.75. The Bertz CT molecular complexity index is 1440. The third-order valence-corrected chi connectivity index (χ3v) is 8.82. The number of hydrogen-bond acceptors (Lipinski definition) is 7. The first kappa shape index (κ1) is 31.0. The zero-order valence-electron chi connectivity index (χ0n) is 25.7. The number of hydrogen-bond donors (Lipinski definition) is 1. The maximum atomic E-state index is 13.6. The Morgan fingerprint density at radius 1 is 1.19 bits per heavy atom. The minimum Gasteiger partial charge on any atom is -0.447 e. The molecule has 4 atom stereocenters. The van der Waals surface area contributed by atoms with E-state index in [4.69, 9.17) is 26.1 Å². The van der Waals surface area contributed by atoms with Crippen molar-refractivity contribution in [3.05, 3.63) is 76.6 Å². The number of halogens is 1. The molecule has 3 aliphatic rings. The first-order valence-electron chi connectivity index (χ1n) is 14.7. The molecule has 0 bridgehead atoms. The van der Waals surface area contributed by atoms with Crippen molar-refractivity contribution in [2.24, 2.45) is 18.9 Å². The van der Waals surface area contributed by atoms with Gasteiger partial charge in [0.25, 0.3) is 5.91 Å². The summed E-state index contributed by atoms with van der Waals surface area (Å²) < 4.78 is 12.9. The summed E-state index contributed by atoms with van der Waals surface area (Å²) in [6, 6.07) is 3.40. The third kappa shape index (κ3) is 6.41. The Kier molecular flexibility index (Phi) is 9.10. The highest BCUT2D eigenvalue weighted by Crippen LogP contribution is 2.48. The Hall–Kier alpha value is -3.47. The highest BCUT2D eigenvalue weighted by molar-refractivity contribution is 6.31. The summed E-state index contributed by atoms with van der Waals surface area (Å²) in [5, 5.41) is 3.91. The number of pyridine rings is 1. The molecule has 2 aromatic rings. The summed E-state index contributed by atoms with van der Waals surface area (Å²) in [4.78, 5) is 39.7. The summed E-state index contributed by atoms with van der Waals surface area (Å²) >= 11 is 6.69. The van der Waals surface area contributed by atoms with Crippen molar-refractivity contribution >= 4 is 29.7 Å². The van der Waals surface area contributed by atoms with E-state index in [1.807, 2.05) is 43.8 Å². The lowest BCUT2D eigenvalue weighted by Gasteiger charge is -2.43. The average molecular weight is 609 g/mol. The molecule has 3 heterocycles. The Morgan fingerprint density at radius 3 is 2.58 bits per heavy atom. The number of carbonyl (C=O) groups is 2. The maximum Gasteiger partial charge on any atom is 0.410 e. The first-order chi connectivity index (χ1) is 20.5. The highest BCUT2D eigenvalue weighted by Gasteiger charge is 2.43. The van der Waals surface area contributed by atoms with Crippen molar-refractivity contribution in [2.75, 3.05) is 33.3 Å². The van der Waals surface area contributed by atoms with Crippen LogP contribution in [0.15, 0.2) is 59.7 Å². The predicted octanol–water partition coefficient (Wildman–Crippen LogP) is 4.62. The molecule has 0 spiro atoms. The quantitative estimate of drug-likeness (QED) is 0.489. The number of imidazole rings is 1. The number of aromatic nitrogens is 3. The van der Waals surface area contributed by atoms with Gasteiger partial charge in [-0.25, -0.2) is 9.78 Å². The van der Waals surface area contributed by atoms with Crippen molar-refractivity contribution in [2.45, 2.75) is 51.5 Å². The van der Waals surface area contributed by atoms with Gasteiger partial charge in [0, 0.05) is 63.4 Å². The van der Waals surface area contributed by atoms with Crippen LogP contribution < -0.4 is 5.32 Å². The van der Waals surface area contributed by atoms with Gasteiger partial charge in [-0.05, 0) is 51.0 Å². The summed E-state index contributed by atoms with van der Waals surface area (Å²) in [5.41, 5.74) is 2.70. The van der Waals surface area contributed by atoms with Gasteiger partial charge in [-0.3, -0.25) is 14.7 Å². The number of amides is 2. The maximum absolute atomic E-state index is 13.6. The molecule has 230 valence electrons. The van der Waals surface area contributed by atoms with Crippen LogP contribution in [0.2, 0.25) is 0 Å². The molecule has 2 aliphatic carbocycles. The Labute approximate surface area is 258 Å². The molecule has 1 fully saturated rings. The predicted molar refractivity (Wildman–Crippen MR) is 165 cm³/mol. The zero-order chi connectivity index (χ0) is 30.9. The molecule has 1 saturated heterocycles. The lowest BCUT2D eigenvalue weighted by molar-refractivity contribution is -0.140. The third-order valence-electron chi connectivity index (χ3n) is 8.57. The van der Waals surface area contributed by atoms with Gasteiger partial charge in [0.1, 0.15) is 5.60 Å². The molecule has 1 aliphatic heterocycles. The number of piperazine rings is 1. The van der Waals surface area contributed by atoms with Crippen LogP contribution in [0.25, 0.3) is 6.08 Å². The van der Waals surface area contributed by atoms with E-state index >= 15 is 0 Å². The van der Waals surface area contributed by atoms with Gasteiger partial charge in [-0.1, -0.05) is 35.9 Å². The second-order valence-electron chi connectivity index (χ2n) is 12.1. The number of methoxy groups -OCH3 is 1. The van der Waals surface area contributed by atoms with Gasteiger partial charge >= 0.3 is 6.09 Å². The average Bonchev–Trinajstić information content (AvgIpc) is 3.35. The summed E-state index contributed by atoms with van der Waals surface area (Å²) in [6.45, 7) is 9.67. The highest BCUT2D eigenvalue weighted by atomic mass is 35.5. The van der Waals surface area contributed by atoms with Crippen molar-refractivity contribution < 1.29 is 19.1 Å². The molecule has 0 aromatic carbocycles. The molecule has 0 saturated carbocycles. The second-order valence-corrected chi connectivity index (χ2v) is 12.5. The minimum absolute atomic E-state index is 0.0397. The zero-order valence-corrected chi connectivity index (χ0v) is 26.4. The van der Waals surface area contributed by atoms with Gasteiger partial charge in [0.15, 0.2) is 0 Å². The summed E-state index contributed by atoms with van der Waals surface area (Å²) in [6.07, 6.45) is 13.2. The van der Waals surface area contributed by atoms with Crippen LogP contribution in [0.5, 0.6) is 0 Å². The lowest BCUT2D eigenvalue weighted by Crippen LogP contribution is -2.52. The molecule has 2 aromatic heterocycles. The van der Waals surface area contributed by atoms with Gasteiger partial charge < -0.3 is 24.3 Å². The van der Waals surface area contributed by atoms with E-state index in [0.29, 0.717) is 31.2 Å². The Morgan fingerprint density at radius 2 is 1.93 bits per heavy atom. The van der Waals surface area contributed by atoms with Crippen LogP contribution in [0.1, 0.15) is 56.7 Å². The normalized spacial score (nSPS) is 23.1. The largest absolute Gasteiger partial charge is 0.447 e. The van der Waals surface area contributed by atoms with E-state index < -0.39 is 11.6 Å². The van der Waals surface area contributed by atoms with E-state index in [9.17, 15) is 9.59 Å². The van der Waals surface area contributed by atoms with Gasteiger partial charge in [0.05, 0.1) is 42.1 Å². The van der Waals surface area contributed by atoms with Crippen LogP contribution in [-0.2, 0) is 21.3 Å². The number of aryl methyl sites for hydroxylation is 1. The van der Waals surface area contributed by atoms with Crippen LogP contribution in [0.4, 0.5) is 4.79 Å². The van der Waals surface area contributed by atoms with Crippen molar-refractivity contribution in [1.29, 1.82) is 0 Å². The van der Waals surface area contributed by atoms with Gasteiger partial charge in [-0.2, -0.15) is 0 Å². The minimum atomic E-state index is -1.04. The van der Waals surface area contributed by atoms with E-state index in [-0.39, 0.29) is 36.0 Å². The second kappa shape index (κ2) is 12.6. The number of allylic oxidation sites excluding steroid dienone is 3. The van der Waals surface area contributed by atoms with E-state index in [1.54, 1.807) is 31.3 Å². The van der Waals surface area contributed by atoms with Gasteiger partial charge in [-0.15, -0.1) is 0 Å².